The van der Waals surface area contributed by atoms with E-state index in [1.165, 1.54) is 7.11 Å². The van der Waals surface area contributed by atoms with Crippen LogP contribution in [0.4, 0.5) is 0 Å². The van der Waals surface area contributed by atoms with Crippen LogP contribution in [-0.4, -0.2) is 56.3 Å². The maximum absolute atomic E-state index is 10.2. The zero-order valence-electron chi connectivity index (χ0n) is 8.61. The van der Waals surface area contributed by atoms with Crippen LogP contribution in [-0.2, 0) is 24.1 Å². The summed E-state index contributed by atoms with van der Waals surface area (Å²) in [5.41, 5.74) is 5.56. The Bertz CT molecular complexity index is 319. The van der Waals surface area contributed by atoms with E-state index in [2.05, 4.69) is 4.18 Å². The Morgan fingerprint density at radius 2 is 2.25 bits per heavy atom. The number of aliphatic hydroxyl groups is 1. The molecule has 4 atom stereocenters. The van der Waals surface area contributed by atoms with E-state index in [0.29, 0.717) is 0 Å². The van der Waals surface area contributed by atoms with Gasteiger partial charge in [-0.3, -0.25) is 4.18 Å². The van der Waals surface area contributed by atoms with E-state index in [1.54, 1.807) is 0 Å². The third kappa shape index (κ3) is 3.94. The van der Waals surface area contributed by atoms with Gasteiger partial charge in [-0.2, -0.15) is 0 Å². The van der Waals surface area contributed by atoms with Gasteiger partial charge in [0.25, 0.3) is 0 Å². The Kier molecular flexibility index (Phi) is 4.62. The van der Waals surface area contributed by atoms with E-state index < -0.39 is 41.5 Å². The van der Waals surface area contributed by atoms with E-state index >= 15 is 0 Å². The van der Waals surface area contributed by atoms with Crippen LogP contribution in [0.25, 0.3) is 0 Å². The summed E-state index contributed by atoms with van der Waals surface area (Å²) >= 11 is 0. The summed E-state index contributed by atoms with van der Waals surface area (Å²) in [6.07, 6.45) is -2.42. The van der Waals surface area contributed by atoms with Gasteiger partial charge in [0.15, 0.2) is 6.29 Å². The summed E-state index contributed by atoms with van der Waals surface area (Å²) in [5, 5.41) is 9.51. The zero-order chi connectivity index (χ0) is 12.3. The Morgan fingerprint density at radius 3 is 2.75 bits per heavy atom. The fourth-order valence-corrected chi connectivity index (χ4v) is 1.74. The minimum absolute atomic E-state index is 0.0799. The molecule has 1 fully saturated rings. The highest BCUT2D eigenvalue weighted by atomic mass is 32.3. The fourth-order valence-electron chi connectivity index (χ4n) is 1.42. The molecular formula is C7H14NO7S-. The molecule has 3 N–H and O–H groups in total. The molecule has 1 saturated heterocycles. The summed E-state index contributed by atoms with van der Waals surface area (Å²) < 4.78 is 44.7. The molecule has 0 amide bonds. The van der Waals surface area contributed by atoms with E-state index in [9.17, 15) is 18.1 Å². The third-order valence-corrected chi connectivity index (χ3v) is 2.64. The molecule has 1 aliphatic rings. The molecule has 0 saturated carbocycles. The molecular weight excluding hydrogens is 242 g/mol. The molecule has 0 aromatic heterocycles. The number of methoxy groups -OCH3 is 1. The minimum atomic E-state index is -4.76. The zero-order valence-corrected chi connectivity index (χ0v) is 9.42. The first-order chi connectivity index (χ1) is 7.33. The van der Waals surface area contributed by atoms with Crippen LogP contribution in [0.2, 0.25) is 0 Å². The summed E-state index contributed by atoms with van der Waals surface area (Å²) in [4.78, 5) is 0. The van der Waals surface area contributed by atoms with Crippen LogP contribution < -0.4 is 5.73 Å². The molecule has 96 valence electrons. The largest absolute Gasteiger partial charge is 0.726 e. The molecule has 0 aromatic rings. The Balaban J connectivity index is 2.51. The van der Waals surface area contributed by atoms with Crippen LogP contribution in [0.15, 0.2) is 0 Å². The molecule has 2 unspecified atom stereocenters. The SMILES string of the molecule is CO[C@@H]1OC(COS(=O)(=O)[O-])C[C@H](O)C1N. The molecule has 1 aliphatic heterocycles. The van der Waals surface area contributed by atoms with Crippen molar-refractivity contribution >= 4 is 10.4 Å². The Morgan fingerprint density at radius 1 is 1.62 bits per heavy atom. The van der Waals surface area contributed by atoms with Crippen molar-refractivity contribution in [2.24, 2.45) is 5.73 Å². The standard InChI is InChI=1S/C7H15NO7S/c1-13-7-6(8)5(9)2-4(15-7)3-14-16(10,11)12/h4-7,9H,2-3,8H2,1H3,(H,10,11,12)/p-1/t4?,5-,6?,7+/m0/s1. The van der Waals surface area contributed by atoms with Gasteiger partial charge in [0.1, 0.15) is 0 Å². The number of nitrogens with two attached hydrogens (primary N) is 1. The summed E-state index contributed by atoms with van der Waals surface area (Å²) in [5.74, 6) is 0. The summed E-state index contributed by atoms with van der Waals surface area (Å²) in [6.45, 7) is -0.463. The molecule has 0 aliphatic carbocycles. The molecule has 0 spiro atoms. The van der Waals surface area contributed by atoms with E-state index in [4.69, 9.17) is 15.2 Å². The first-order valence-electron chi connectivity index (χ1n) is 4.55. The van der Waals surface area contributed by atoms with E-state index in [1.807, 2.05) is 0 Å². The van der Waals surface area contributed by atoms with Crippen molar-refractivity contribution < 1.29 is 31.7 Å². The predicted molar refractivity (Wildman–Crippen MR) is 49.9 cm³/mol. The van der Waals surface area contributed by atoms with Crippen molar-refractivity contribution in [3.63, 3.8) is 0 Å². The second kappa shape index (κ2) is 5.36. The van der Waals surface area contributed by atoms with Crippen molar-refractivity contribution in [2.75, 3.05) is 13.7 Å². The first-order valence-corrected chi connectivity index (χ1v) is 5.89. The summed E-state index contributed by atoms with van der Waals surface area (Å²) in [6, 6.07) is -0.717. The van der Waals surface area contributed by atoms with Gasteiger partial charge in [-0.25, -0.2) is 8.42 Å². The van der Waals surface area contributed by atoms with Gasteiger partial charge in [0.2, 0.25) is 10.4 Å². The highest BCUT2D eigenvalue weighted by Gasteiger charge is 2.35. The lowest BCUT2D eigenvalue weighted by atomic mass is 10.0. The van der Waals surface area contributed by atoms with E-state index in [-0.39, 0.29) is 6.42 Å². The van der Waals surface area contributed by atoms with Crippen molar-refractivity contribution in [1.29, 1.82) is 0 Å². The predicted octanol–water partition coefficient (Wildman–Crippen LogP) is -2.09. The molecule has 16 heavy (non-hydrogen) atoms. The molecule has 9 heteroatoms. The minimum Gasteiger partial charge on any atom is -0.726 e. The Hall–Kier alpha value is -0.290. The van der Waals surface area contributed by atoms with Crippen molar-refractivity contribution in [1.82, 2.24) is 0 Å². The molecule has 1 heterocycles. The van der Waals surface area contributed by atoms with Crippen LogP contribution in [0.1, 0.15) is 6.42 Å². The molecule has 0 aromatic carbocycles. The highest BCUT2D eigenvalue weighted by Crippen LogP contribution is 2.20. The second-order valence-electron chi connectivity index (χ2n) is 3.44. The van der Waals surface area contributed by atoms with Gasteiger partial charge >= 0.3 is 0 Å². The van der Waals surface area contributed by atoms with Crippen LogP contribution in [0, 0.1) is 0 Å². The quantitative estimate of drug-likeness (QED) is 0.432. The van der Waals surface area contributed by atoms with Crippen LogP contribution >= 0.6 is 0 Å². The average Bonchev–Trinajstić information content (AvgIpc) is 2.18. The smallest absolute Gasteiger partial charge is 0.217 e. The first kappa shape index (κ1) is 13.8. The number of aliphatic hydroxyl groups excluding tert-OH is 1. The maximum atomic E-state index is 10.2. The van der Waals surface area contributed by atoms with Crippen molar-refractivity contribution in [2.45, 2.75) is 31.0 Å². The average molecular weight is 256 g/mol. The summed E-state index contributed by atoms with van der Waals surface area (Å²) in [7, 11) is -3.42. The normalized spacial score (nSPS) is 36.2. The van der Waals surface area contributed by atoms with Gasteiger partial charge in [0, 0.05) is 13.5 Å². The highest BCUT2D eigenvalue weighted by molar-refractivity contribution is 7.80. The molecule has 0 radical (unpaired) electrons. The topological polar surface area (TPSA) is 131 Å². The second-order valence-corrected chi connectivity index (χ2v) is 4.49. The van der Waals surface area contributed by atoms with Gasteiger partial charge < -0.3 is 24.9 Å². The lowest BCUT2D eigenvalue weighted by Gasteiger charge is -2.36. The molecule has 8 nitrogen and oxygen atoms in total. The number of rotatable bonds is 4. The number of ether oxygens (including phenoxy) is 2. The maximum Gasteiger partial charge on any atom is 0.217 e. The third-order valence-electron chi connectivity index (χ3n) is 2.22. The van der Waals surface area contributed by atoms with Gasteiger partial charge in [-0.15, -0.1) is 0 Å². The van der Waals surface area contributed by atoms with E-state index in [0.717, 1.165) is 0 Å². The van der Waals surface area contributed by atoms with Crippen LogP contribution in [0.5, 0.6) is 0 Å². The van der Waals surface area contributed by atoms with Crippen LogP contribution in [0.3, 0.4) is 0 Å². The Labute approximate surface area is 93.2 Å². The molecule has 0 bridgehead atoms. The lowest BCUT2D eigenvalue weighted by Crippen LogP contribution is -2.54. The van der Waals surface area contributed by atoms with Gasteiger partial charge in [0.05, 0.1) is 24.9 Å². The van der Waals surface area contributed by atoms with Gasteiger partial charge in [-0.05, 0) is 0 Å². The number of hydrogen-bond acceptors (Lipinski definition) is 8. The monoisotopic (exact) mass is 256 g/mol. The van der Waals surface area contributed by atoms with Gasteiger partial charge in [-0.1, -0.05) is 0 Å². The molecule has 1 rings (SSSR count). The van der Waals surface area contributed by atoms with Crippen molar-refractivity contribution in [3.05, 3.63) is 0 Å². The van der Waals surface area contributed by atoms with Crippen molar-refractivity contribution in [3.8, 4) is 0 Å². The number of hydrogen-bond donors (Lipinski definition) is 2. The lowest BCUT2D eigenvalue weighted by molar-refractivity contribution is -0.219. The fraction of sp³-hybridized carbons (Fsp3) is 1.00.